The molecule has 1 rings (SSSR count). The summed E-state index contributed by atoms with van der Waals surface area (Å²) < 4.78 is 4.88. The zero-order chi connectivity index (χ0) is 18.0. The first kappa shape index (κ1) is 20.2. The fourth-order valence-corrected chi connectivity index (χ4v) is 2.98. The second-order valence-electron chi connectivity index (χ2n) is 6.31. The normalized spacial score (nSPS) is 16.6. The van der Waals surface area contributed by atoms with E-state index in [1.165, 1.54) is 0 Å². The van der Waals surface area contributed by atoms with Gasteiger partial charge in [0.05, 0.1) is 18.6 Å². The van der Waals surface area contributed by atoms with Crippen LogP contribution in [0.2, 0.25) is 0 Å². The summed E-state index contributed by atoms with van der Waals surface area (Å²) in [5, 5.41) is 8.89. The summed E-state index contributed by atoms with van der Waals surface area (Å²) in [5.74, 6) is 0.546. The van der Waals surface area contributed by atoms with Crippen LogP contribution >= 0.6 is 0 Å². The van der Waals surface area contributed by atoms with Gasteiger partial charge < -0.3 is 25.6 Å². The first-order valence-corrected chi connectivity index (χ1v) is 8.37. The zero-order valence-corrected chi connectivity index (χ0v) is 15.3. The minimum absolute atomic E-state index is 0.123. The molecule has 0 atom stereocenters. The molecule has 1 aliphatic rings. The highest BCUT2D eigenvalue weighted by molar-refractivity contribution is 5.87. The molecule has 0 saturated heterocycles. The number of hydrogen-bond acceptors (Lipinski definition) is 4. The Morgan fingerprint density at radius 3 is 2.38 bits per heavy atom. The number of ether oxygens (including phenoxy) is 1. The number of guanidine groups is 1. The maximum Gasteiger partial charge on any atom is 0.239 e. The number of aliphatic imine (C=N–C) groups is 1. The summed E-state index contributed by atoms with van der Waals surface area (Å²) in [6, 6.07) is 0. The Morgan fingerprint density at radius 1 is 1.17 bits per heavy atom. The number of rotatable bonds is 8. The van der Waals surface area contributed by atoms with Crippen LogP contribution in [-0.2, 0) is 14.3 Å². The van der Waals surface area contributed by atoms with Crippen molar-refractivity contribution < 1.29 is 14.3 Å². The minimum atomic E-state index is -0.373. The molecule has 8 nitrogen and oxygen atoms in total. The molecule has 0 spiro atoms. The van der Waals surface area contributed by atoms with Crippen LogP contribution < -0.4 is 16.0 Å². The second kappa shape index (κ2) is 10.1. The van der Waals surface area contributed by atoms with Gasteiger partial charge in [-0.1, -0.05) is 12.8 Å². The van der Waals surface area contributed by atoms with Crippen LogP contribution in [0.15, 0.2) is 4.99 Å². The lowest BCUT2D eigenvalue weighted by Gasteiger charge is -2.31. The number of nitrogens with zero attached hydrogens (tertiary/aromatic N) is 2. The zero-order valence-electron chi connectivity index (χ0n) is 15.3. The van der Waals surface area contributed by atoms with Crippen molar-refractivity contribution in [2.45, 2.75) is 25.7 Å². The maximum atomic E-state index is 12.5. The average molecular weight is 341 g/mol. The van der Waals surface area contributed by atoms with E-state index in [4.69, 9.17) is 4.74 Å². The number of nitrogens with one attached hydrogen (secondary N) is 3. The smallest absolute Gasteiger partial charge is 0.239 e. The van der Waals surface area contributed by atoms with Crippen molar-refractivity contribution in [3.05, 3.63) is 0 Å². The molecule has 8 heteroatoms. The molecule has 1 saturated carbocycles. The average Bonchev–Trinajstić information content (AvgIpc) is 3.04. The highest BCUT2D eigenvalue weighted by Gasteiger charge is 2.42. The van der Waals surface area contributed by atoms with Crippen molar-refractivity contribution in [2.75, 3.05) is 54.5 Å². The molecule has 1 fully saturated rings. The Labute approximate surface area is 144 Å². The van der Waals surface area contributed by atoms with Gasteiger partial charge in [0.25, 0.3) is 0 Å². The summed E-state index contributed by atoms with van der Waals surface area (Å²) in [4.78, 5) is 30.0. The highest BCUT2D eigenvalue weighted by atomic mass is 16.5. The molecule has 138 valence electrons. The van der Waals surface area contributed by atoms with Gasteiger partial charge in [-0.25, -0.2) is 0 Å². The molecule has 0 unspecified atom stereocenters. The maximum absolute atomic E-state index is 12.5. The molecule has 0 aliphatic heterocycles. The van der Waals surface area contributed by atoms with Crippen molar-refractivity contribution in [2.24, 2.45) is 10.4 Å². The lowest BCUT2D eigenvalue weighted by atomic mass is 9.84. The van der Waals surface area contributed by atoms with Crippen LogP contribution in [0.25, 0.3) is 0 Å². The van der Waals surface area contributed by atoms with Crippen LogP contribution in [0, 0.1) is 5.41 Å². The number of amides is 2. The Kier molecular flexibility index (Phi) is 8.53. The third-order valence-electron chi connectivity index (χ3n) is 4.28. The quantitative estimate of drug-likeness (QED) is 0.316. The molecule has 0 aromatic heterocycles. The molecule has 0 bridgehead atoms. The molecule has 3 N–H and O–H groups in total. The lowest BCUT2D eigenvalue weighted by Crippen LogP contribution is -2.50. The van der Waals surface area contributed by atoms with Gasteiger partial charge in [0.2, 0.25) is 11.8 Å². The topological polar surface area (TPSA) is 95.1 Å². The molecular weight excluding hydrogens is 310 g/mol. The third-order valence-corrected chi connectivity index (χ3v) is 4.28. The number of carbonyl (C=O) groups excluding carboxylic acids is 2. The summed E-state index contributed by atoms with van der Waals surface area (Å²) in [6.07, 6.45) is 3.89. The van der Waals surface area contributed by atoms with Gasteiger partial charge in [-0.2, -0.15) is 0 Å². The van der Waals surface area contributed by atoms with Gasteiger partial charge in [0.15, 0.2) is 5.96 Å². The van der Waals surface area contributed by atoms with E-state index in [1.54, 1.807) is 33.2 Å². The van der Waals surface area contributed by atoms with Crippen molar-refractivity contribution in [1.29, 1.82) is 0 Å². The molecule has 1 aliphatic carbocycles. The van der Waals surface area contributed by atoms with Crippen LogP contribution in [0.5, 0.6) is 0 Å². The molecule has 24 heavy (non-hydrogen) atoms. The Morgan fingerprint density at radius 2 is 1.83 bits per heavy atom. The fraction of sp³-hybridized carbons (Fsp3) is 0.812. The molecule has 0 aromatic rings. The second-order valence-corrected chi connectivity index (χ2v) is 6.31. The first-order chi connectivity index (χ1) is 11.4. The Hall–Kier alpha value is -1.83. The van der Waals surface area contributed by atoms with E-state index in [1.807, 2.05) is 0 Å². The lowest BCUT2D eigenvalue weighted by molar-refractivity contribution is -0.138. The monoisotopic (exact) mass is 341 g/mol. The van der Waals surface area contributed by atoms with E-state index < -0.39 is 0 Å². The van der Waals surface area contributed by atoms with Gasteiger partial charge in [-0.3, -0.25) is 14.6 Å². The molecule has 0 heterocycles. The van der Waals surface area contributed by atoms with E-state index in [-0.39, 0.29) is 23.8 Å². The van der Waals surface area contributed by atoms with E-state index in [2.05, 4.69) is 20.9 Å². The largest absolute Gasteiger partial charge is 0.383 e. The van der Waals surface area contributed by atoms with Gasteiger partial charge in [0, 0.05) is 41.3 Å². The van der Waals surface area contributed by atoms with Crippen molar-refractivity contribution in [3.8, 4) is 0 Å². The van der Waals surface area contributed by atoms with Gasteiger partial charge in [-0.15, -0.1) is 0 Å². The minimum Gasteiger partial charge on any atom is -0.383 e. The summed E-state index contributed by atoms with van der Waals surface area (Å²) in [6.45, 7) is 1.60. The van der Waals surface area contributed by atoms with Crippen LogP contribution in [0.3, 0.4) is 0 Å². The van der Waals surface area contributed by atoms with Crippen molar-refractivity contribution in [3.63, 3.8) is 0 Å². The number of hydrogen-bond donors (Lipinski definition) is 3. The van der Waals surface area contributed by atoms with E-state index in [0.717, 1.165) is 25.7 Å². The molecule has 0 radical (unpaired) electrons. The Bertz CT molecular complexity index is 445. The predicted octanol–water partition coefficient (Wildman–Crippen LogP) is -0.437. The molecular formula is C16H31N5O3. The standard InChI is InChI=1S/C16H31N5O3/c1-17-15(19-11-13(22)18-9-10-24-4)20-12-16(7-5-6-8-16)14(23)21(2)3/h5-12H2,1-4H3,(H,18,22)(H2,17,19,20). The Balaban J connectivity index is 2.47. The summed E-state index contributed by atoms with van der Waals surface area (Å²) >= 11 is 0. The predicted molar refractivity (Wildman–Crippen MR) is 93.8 cm³/mol. The van der Waals surface area contributed by atoms with Crippen molar-refractivity contribution >= 4 is 17.8 Å². The van der Waals surface area contributed by atoms with E-state index in [9.17, 15) is 9.59 Å². The summed E-state index contributed by atoms with van der Waals surface area (Å²) in [7, 11) is 6.82. The molecule has 0 aromatic carbocycles. The van der Waals surface area contributed by atoms with Gasteiger partial charge in [-0.05, 0) is 12.8 Å². The number of carbonyl (C=O) groups is 2. The number of methoxy groups -OCH3 is 1. The fourth-order valence-electron chi connectivity index (χ4n) is 2.98. The van der Waals surface area contributed by atoms with Crippen LogP contribution in [0.4, 0.5) is 0 Å². The SMILES string of the molecule is CN=C(NCC(=O)NCCOC)NCC1(C(=O)N(C)C)CCCC1. The summed E-state index contributed by atoms with van der Waals surface area (Å²) in [5.41, 5.74) is -0.373. The molecule has 2 amide bonds. The van der Waals surface area contributed by atoms with Gasteiger partial charge >= 0.3 is 0 Å². The van der Waals surface area contributed by atoms with Gasteiger partial charge in [0.1, 0.15) is 0 Å². The van der Waals surface area contributed by atoms with Crippen molar-refractivity contribution in [1.82, 2.24) is 20.9 Å². The first-order valence-electron chi connectivity index (χ1n) is 8.37. The third kappa shape index (κ3) is 5.99. The van der Waals surface area contributed by atoms with E-state index in [0.29, 0.717) is 25.7 Å². The van der Waals surface area contributed by atoms with Crippen LogP contribution in [0.1, 0.15) is 25.7 Å². The van der Waals surface area contributed by atoms with E-state index >= 15 is 0 Å². The van der Waals surface area contributed by atoms with Crippen LogP contribution in [-0.4, -0.2) is 77.2 Å². The highest BCUT2D eigenvalue weighted by Crippen LogP contribution is 2.38.